The van der Waals surface area contributed by atoms with E-state index < -0.39 is 0 Å². The number of likely N-dealkylation sites (tertiary alicyclic amines) is 1. The molecule has 0 unspecified atom stereocenters. The number of guanidine groups is 1. The molecule has 1 aromatic rings. The summed E-state index contributed by atoms with van der Waals surface area (Å²) in [6.07, 6.45) is 5.11. The van der Waals surface area contributed by atoms with E-state index in [0.29, 0.717) is 12.5 Å². The van der Waals surface area contributed by atoms with Gasteiger partial charge >= 0.3 is 0 Å². The molecule has 0 saturated carbocycles. The number of nitrogens with one attached hydrogen (secondary N) is 2. The second-order valence-electron chi connectivity index (χ2n) is 7.73. The lowest BCUT2D eigenvalue weighted by Crippen LogP contribution is -2.38. The molecule has 7 heteroatoms. The van der Waals surface area contributed by atoms with Gasteiger partial charge in [-0.3, -0.25) is 0 Å². The van der Waals surface area contributed by atoms with E-state index in [-0.39, 0.29) is 24.0 Å². The Morgan fingerprint density at radius 3 is 2.67 bits per heavy atom. The van der Waals surface area contributed by atoms with Gasteiger partial charge in [-0.2, -0.15) is 0 Å². The van der Waals surface area contributed by atoms with E-state index >= 15 is 0 Å². The van der Waals surface area contributed by atoms with Crippen molar-refractivity contribution in [2.75, 3.05) is 32.7 Å². The molecule has 1 aliphatic rings. The Bertz CT molecular complexity index is 538. The van der Waals surface area contributed by atoms with Crippen LogP contribution in [-0.2, 0) is 6.54 Å². The maximum atomic E-state index is 5.35. The number of piperidine rings is 1. The second kappa shape index (κ2) is 13.4. The van der Waals surface area contributed by atoms with E-state index in [2.05, 4.69) is 53.4 Å². The molecule has 27 heavy (non-hydrogen) atoms. The van der Waals surface area contributed by atoms with E-state index in [1.54, 1.807) is 0 Å². The normalized spacial score (nSPS) is 16.4. The molecule has 2 heterocycles. The van der Waals surface area contributed by atoms with Gasteiger partial charge < -0.3 is 20.1 Å². The predicted octanol–water partition coefficient (Wildman–Crippen LogP) is 3.98. The van der Waals surface area contributed by atoms with Crippen molar-refractivity contribution in [3.8, 4) is 0 Å². The van der Waals surface area contributed by atoms with Gasteiger partial charge in [-0.1, -0.05) is 25.9 Å². The quantitative estimate of drug-likeness (QED) is 0.237. The molecule has 0 atom stereocenters. The van der Waals surface area contributed by atoms with Gasteiger partial charge in [0.1, 0.15) is 6.54 Å². The Labute approximate surface area is 181 Å². The third-order valence-electron chi connectivity index (χ3n) is 4.98. The summed E-state index contributed by atoms with van der Waals surface area (Å²) in [6, 6.07) is 2.00. The molecule has 1 aromatic heterocycles. The molecule has 0 radical (unpaired) electrons. The summed E-state index contributed by atoms with van der Waals surface area (Å²) >= 11 is 0. The van der Waals surface area contributed by atoms with Crippen LogP contribution in [0, 0.1) is 5.92 Å². The standard InChI is InChI=1S/C20H37N5O.HI/c1-5-21-20(23-15-18-14-19(16(2)3)24-26-18)22-10-6-7-11-25-12-8-17(4)9-13-25;/h14,16-17H,5-13,15H2,1-4H3,(H2,21,22,23);1H. The average molecular weight is 491 g/mol. The number of aliphatic imine (C=N–C) groups is 1. The Hall–Kier alpha value is -0.830. The van der Waals surface area contributed by atoms with Crippen LogP contribution < -0.4 is 10.6 Å². The van der Waals surface area contributed by atoms with E-state index in [1.807, 2.05) is 6.07 Å². The topological polar surface area (TPSA) is 65.7 Å². The minimum absolute atomic E-state index is 0. The molecule has 6 nitrogen and oxygen atoms in total. The highest BCUT2D eigenvalue weighted by atomic mass is 127. The Balaban J connectivity index is 0.00000364. The molecule has 2 N–H and O–H groups in total. The number of halogens is 1. The zero-order chi connectivity index (χ0) is 18.8. The monoisotopic (exact) mass is 491 g/mol. The summed E-state index contributed by atoms with van der Waals surface area (Å²) in [4.78, 5) is 7.21. The third-order valence-corrected chi connectivity index (χ3v) is 4.98. The van der Waals surface area contributed by atoms with E-state index in [9.17, 15) is 0 Å². The lowest BCUT2D eigenvalue weighted by molar-refractivity contribution is 0.189. The average Bonchev–Trinajstić information content (AvgIpc) is 3.10. The van der Waals surface area contributed by atoms with E-state index in [0.717, 1.165) is 42.8 Å². The summed E-state index contributed by atoms with van der Waals surface area (Å²) in [6.45, 7) is 14.8. The molecule has 0 amide bonds. The van der Waals surface area contributed by atoms with Gasteiger partial charge in [0.25, 0.3) is 0 Å². The van der Waals surface area contributed by atoms with Crippen molar-refractivity contribution >= 4 is 29.9 Å². The number of hydrogen-bond donors (Lipinski definition) is 2. The zero-order valence-corrected chi connectivity index (χ0v) is 19.8. The first-order valence-electron chi connectivity index (χ1n) is 10.3. The van der Waals surface area contributed by atoms with Gasteiger partial charge in [-0.15, -0.1) is 24.0 Å². The molecule has 0 aromatic carbocycles. The molecule has 2 rings (SSSR count). The molecule has 0 aliphatic carbocycles. The van der Waals surface area contributed by atoms with Gasteiger partial charge in [0.15, 0.2) is 11.7 Å². The first kappa shape index (κ1) is 24.2. The maximum absolute atomic E-state index is 5.35. The molecule has 156 valence electrons. The molecule has 0 spiro atoms. The highest BCUT2D eigenvalue weighted by molar-refractivity contribution is 14.0. The molecule has 0 bridgehead atoms. The third kappa shape index (κ3) is 9.27. The summed E-state index contributed by atoms with van der Waals surface area (Å²) < 4.78 is 5.35. The Morgan fingerprint density at radius 1 is 1.30 bits per heavy atom. The number of hydrogen-bond acceptors (Lipinski definition) is 4. The Kier molecular flexibility index (Phi) is 12.0. The van der Waals surface area contributed by atoms with E-state index in [1.165, 1.54) is 38.9 Å². The van der Waals surface area contributed by atoms with Crippen LogP contribution in [0.5, 0.6) is 0 Å². The van der Waals surface area contributed by atoms with Crippen molar-refractivity contribution in [1.82, 2.24) is 20.7 Å². The van der Waals surface area contributed by atoms with Gasteiger partial charge in [0.2, 0.25) is 0 Å². The summed E-state index contributed by atoms with van der Waals surface area (Å²) in [5.74, 6) is 2.95. The van der Waals surface area contributed by atoms with Gasteiger partial charge in [-0.05, 0) is 64.1 Å². The highest BCUT2D eigenvalue weighted by Gasteiger charge is 2.14. The second-order valence-corrected chi connectivity index (χ2v) is 7.73. The fourth-order valence-corrected chi connectivity index (χ4v) is 3.13. The van der Waals surface area contributed by atoms with Crippen molar-refractivity contribution in [3.63, 3.8) is 0 Å². The first-order chi connectivity index (χ1) is 12.6. The van der Waals surface area contributed by atoms with Crippen molar-refractivity contribution in [2.45, 2.75) is 65.8 Å². The van der Waals surface area contributed by atoms with Crippen LogP contribution in [0.2, 0.25) is 0 Å². The number of unbranched alkanes of at least 4 members (excludes halogenated alkanes) is 1. The molecular formula is C20H38IN5O. The molecule has 1 saturated heterocycles. The van der Waals surface area contributed by atoms with Crippen molar-refractivity contribution < 1.29 is 4.52 Å². The first-order valence-corrected chi connectivity index (χ1v) is 10.3. The van der Waals surface area contributed by atoms with Gasteiger partial charge in [0, 0.05) is 19.2 Å². The van der Waals surface area contributed by atoms with Crippen LogP contribution in [0.3, 0.4) is 0 Å². The summed E-state index contributed by atoms with van der Waals surface area (Å²) in [5, 5.41) is 10.8. The minimum atomic E-state index is 0. The van der Waals surface area contributed by atoms with Crippen LogP contribution >= 0.6 is 24.0 Å². The number of aromatic nitrogens is 1. The lowest BCUT2D eigenvalue weighted by atomic mass is 9.99. The zero-order valence-electron chi connectivity index (χ0n) is 17.5. The fourth-order valence-electron chi connectivity index (χ4n) is 3.13. The van der Waals surface area contributed by atoms with Crippen LogP contribution in [0.25, 0.3) is 0 Å². The number of nitrogens with zero attached hydrogens (tertiary/aromatic N) is 3. The Morgan fingerprint density at radius 2 is 2.04 bits per heavy atom. The molecule has 1 aliphatic heterocycles. The van der Waals surface area contributed by atoms with Crippen LogP contribution in [0.4, 0.5) is 0 Å². The summed E-state index contributed by atoms with van der Waals surface area (Å²) in [5.41, 5.74) is 0.986. The maximum Gasteiger partial charge on any atom is 0.191 e. The van der Waals surface area contributed by atoms with Crippen molar-refractivity contribution in [3.05, 3.63) is 17.5 Å². The lowest BCUT2D eigenvalue weighted by Gasteiger charge is -2.30. The van der Waals surface area contributed by atoms with Crippen molar-refractivity contribution in [1.29, 1.82) is 0 Å². The summed E-state index contributed by atoms with van der Waals surface area (Å²) in [7, 11) is 0. The SMILES string of the molecule is CCNC(=NCc1cc(C(C)C)no1)NCCCCN1CCC(C)CC1.I. The van der Waals surface area contributed by atoms with E-state index in [4.69, 9.17) is 4.52 Å². The predicted molar refractivity (Wildman–Crippen MR) is 123 cm³/mol. The van der Waals surface area contributed by atoms with Crippen molar-refractivity contribution in [2.24, 2.45) is 10.9 Å². The molecule has 1 fully saturated rings. The van der Waals surface area contributed by atoms with Gasteiger partial charge in [0.05, 0.1) is 5.69 Å². The van der Waals surface area contributed by atoms with Crippen LogP contribution in [-0.4, -0.2) is 48.7 Å². The fraction of sp³-hybridized carbons (Fsp3) is 0.800. The number of rotatable bonds is 9. The molecular weight excluding hydrogens is 453 g/mol. The van der Waals surface area contributed by atoms with Crippen LogP contribution in [0.1, 0.15) is 70.8 Å². The minimum Gasteiger partial charge on any atom is -0.359 e. The van der Waals surface area contributed by atoms with Crippen LogP contribution in [0.15, 0.2) is 15.6 Å². The smallest absolute Gasteiger partial charge is 0.191 e. The largest absolute Gasteiger partial charge is 0.359 e. The highest BCUT2D eigenvalue weighted by Crippen LogP contribution is 2.16. The van der Waals surface area contributed by atoms with Gasteiger partial charge in [-0.25, -0.2) is 4.99 Å².